The van der Waals surface area contributed by atoms with Gasteiger partial charge in [-0.2, -0.15) is 0 Å². The van der Waals surface area contributed by atoms with E-state index >= 15 is 0 Å². The smallest absolute Gasteiger partial charge is 0.244 e. The lowest BCUT2D eigenvalue weighted by Gasteiger charge is -2.29. The molecule has 0 radical (unpaired) electrons. The van der Waals surface area contributed by atoms with E-state index in [1.807, 2.05) is 25.1 Å². The van der Waals surface area contributed by atoms with Crippen LogP contribution >= 0.6 is 0 Å². The number of nitrogens with one attached hydrogen (secondary N) is 2. The normalized spacial score (nSPS) is 26.0. The van der Waals surface area contributed by atoms with E-state index in [9.17, 15) is 4.79 Å². The number of hydrogen-bond acceptors (Lipinski definition) is 5. The van der Waals surface area contributed by atoms with E-state index < -0.39 is 0 Å². The Bertz CT molecular complexity index is 532. The molecule has 2 N–H and O–H groups in total. The van der Waals surface area contributed by atoms with Crippen LogP contribution in [0.4, 0.5) is 5.69 Å². The van der Waals surface area contributed by atoms with E-state index in [0.717, 1.165) is 38.5 Å². The van der Waals surface area contributed by atoms with E-state index in [4.69, 9.17) is 9.47 Å². The molecule has 2 saturated heterocycles. The number of rotatable bonds is 4. The third kappa shape index (κ3) is 4.51. The zero-order valence-corrected chi connectivity index (χ0v) is 13.6. The largest absolute Gasteiger partial charge is 0.379 e. The van der Waals surface area contributed by atoms with Gasteiger partial charge in [0.25, 0.3) is 0 Å². The number of amides is 1. The summed E-state index contributed by atoms with van der Waals surface area (Å²) >= 11 is 0. The number of morpholine rings is 2. The van der Waals surface area contributed by atoms with Crippen LogP contribution in [0.15, 0.2) is 24.3 Å². The molecule has 2 fully saturated rings. The molecule has 1 aromatic carbocycles. The average Bonchev–Trinajstić information content (AvgIpc) is 2.56. The fourth-order valence-corrected chi connectivity index (χ4v) is 3.01. The number of hydrogen-bond donors (Lipinski definition) is 2. The molecule has 2 aliphatic heterocycles. The summed E-state index contributed by atoms with van der Waals surface area (Å²) in [7, 11) is 0. The molecule has 2 aliphatic rings. The Hall–Kier alpha value is -1.47. The van der Waals surface area contributed by atoms with E-state index in [2.05, 4.69) is 21.6 Å². The number of nitrogens with zero attached hydrogens (tertiary/aromatic N) is 1. The Kier molecular flexibility index (Phi) is 5.61. The highest BCUT2D eigenvalue weighted by Gasteiger charge is 2.28. The van der Waals surface area contributed by atoms with E-state index in [1.54, 1.807) is 0 Å². The minimum Gasteiger partial charge on any atom is -0.379 e. The van der Waals surface area contributed by atoms with Crippen LogP contribution in [-0.4, -0.2) is 62.4 Å². The average molecular weight is 319 g/mol. The molecule has 0 aromatic heterocycles. The van der Waals surface area contributed by atoms with Gasteiger partial charge in [-0.1, -0.05) is 12.1 Å². The molecule has 0 bridgehead atoms. The van der Waals surface area contributed by atoms with Gasteiger partial charge in [-0.3, -0.25) is 9.69 Å². The lowest BCUT2D eigenvalue weighted by atomic mass is 10.1. The van der Waals surface area contributed by atoms with Crippen LogP contribution in [0.2, 0.25) is 0 Å². The highest BCUT2D eigenvalue weighted by Crippen LogP contribution is 2.15. The monoisotopic (exact) mass is 319 g/mol. The van der Waals surface area contributed by atoms with Gasteiger partial charge in [0, 0.05) is 31.9 Å². The second kappa shape index (κ2) is 7.88. The van der Waals surface area contributed by atoms with Crippen molar-refractivity contribution in [1.82, 2.24) is 10.2 Å². The maximum absolute atomic E-state index is 12.4. The van der Waals surface area contributed by atoms with Gasteiger partial charge in [-0.15, -0.1) is 0 Å². The highest BCUT2D eigenvalue weighted by atomic mass is 16.5. The summed E-state index contributed by atoms with van der Waals surface area (Å²) in [6, 6.07) is 7.75. The van der Waals surface area contributed by atoms with Gasteiger partial charge in [-0.25, -0.2) is 0 Å². The molecule has 1 amide bonds. The maximum atomic E-state index is 12.4. The summed E-state index contributed by atoms with van der Waals surface area (Å²) in [5, 5.41) is 6.21. The Balaban J connectivity index is 1.59. The summed E-state index contributed by atoms with van der Waals surface area (Å²) in [4.78, 5) is 14.8. The van der Waals surface area contributed by atoms with E-state index in [-0.39, 0.29) is 18.1 Å². The van der Waals surface area contributed by atoms with Crippen molar-refractivity contribution in [3.8, 4) is 0 Å². The zero-order valence-electron chi connectivity index (χ0n) is 13.6. The molecule has 6 nitrogen and oxygen atoms in total. The maximum Gasteiger partial charge on any atom is 0.244 e. The van der Waals surface area contributed by atoms with Crippen molar-refractivity contribution in [1.29, 1.82) is 0 Å². The van der Waals surface area contributed by atoms with Crippen LogP contribution in [0.5, 0.6) is 0 Å². The third-order valence-electron chi connectivity index (χ3n) is 4.30. The van der Waals surface area contributed by atoms with Crippen molar-refractivity contribution in [2.75, 3.05) is 44.8 Å². The minimum atomic E-state index is -0.299. The van der Waals surface area contributed by atoms with Gasteiger partial charge in [0.15, 0.2) is 0 Å². The van der Waals surface area contributed by atoms with Crippen molar-refractivity contribution in [3.63, 3.8) is 0 Å². The number of carbonyl (C=O) groups excluding carboxylic acids is 1. The van der Waals surface area contributed by atoms with Crippen LogP contribution in [0.25, 0.3) is 0 Å². The topological polar surface area (TPSA) is 62.8 Å². The SMILES string of the molecule is C[C@H]1OCCN[C@@H]1C(=O)Nc1cccc(CN2CCOCC2)c1. The number of anilines is 1. The number of benzene rings is 1. The number of carbonyl (C=O) groups is 1. The summed E-state index contributed by atoms with van der Waals surface area (Å²) in [5.74, 6) is -0.0410. The van der Waals surface area contributed by atoms with E-state index in [1.165, 1.54) is 5.56 Å². The molecular formula is C17H25N3O3. The Labute approximate surface area is 137 Å². The standard InChI is InChI=1S/C17H25N3O3/c1-13-16(18-5-8-23-13)17(21)19-15-4-2-3-14(11-15)12-20-6-9-22-10-7-20/h2-4,11,13,16,18H,5-10,12H2,1H3,(H,19,21)/t13-,16+/m1/s1. The highest BCUT2D eigenvalue weighted by molar-refractivity contribution is 5.95. The molecule has 0 aliphatic carbocycles. The Morgan fingerprint density at radius 2 is 2.17 bits per heavy atom. The summed E-state index contributed by atoms with van der Waals surface area (Å²) < 4.78 is 10.9. The van der Waals surface area contributed by atoms with Gasteiger partial charge in [-0.05, 0) is 24.6 Å². The lowest BCUT2D eigenvalue weighted by molar-refractivity contribution is -0.123. The molecular weight excluding hydrogens is 294 g/mol. The summed E-state index contributed by atoms with van der Waals surface area (Å²) in [6.45, 7) is 7.66. The van der Waals surface area contributed by atoms with Crippen molar-refractivity contribution < 1.29 is 14.3 Å². The van der Waals surface area contributed by atoms with Crippen molar-refractivity contribution >= 4 is 11.6 Å². The summed E-state index contributed by atoms with van der Waals surface area (Å²) in [6.07, 6.45) is -0.111. The molecule has 2 atom stereocenters. The predicted octanol–water partition coefficient (Wildman–Crippen LogP) is 0.834. The van der Waals surface area contributed by atoms with E-state index in [0.29, 0.717) is 13.2 Å². The molecule has 3 rings (SSSR count). The first kappa shape index (κ1) is 16.4. The molecule has 0 spiro atoms. The van der Waals surface area contributed by atoms with Crippen LogP contribution in [-0.2, 0) is 20.8 Å². The quantitative estimate of drug-likeness (QED) is 0.861. The van der Waals surface area contributed by atoms with Gasteiger partial charge in [0.05, 0.1) is 25.9 Å². The molecule has 0 saturated carbocycles. The van der Waals surface area contributed by atoms with Crippen molar-refractivity contribution in [3.05, 3.63) is 29.8 Å². The fraction of sp³-hybridized carbons (Fsp3) is 0.588. The first-order valence-electron chi connectivity index (χ1n) is 8.27. The van der Waals surface area contributed by atoms with Gasteiger partial charge in [0.2, 0.25) is 5.91 Å². The summed E-state index contributed by atoms with van der Waals surface area (Å²) in [5.41, 5.74) is 2.03. The van der Waals surface area contributed by atoms with Crippen LogP contribution in [0.3, 0.4) is 0 Å². The molecule has 23 heavy (non-hydrogen) atoms. The molecule has 1 aromatic rings. The zero-order chi connectivity index (χ0) is 16.1. The Morgan fingerprint density at radius 3 is 2.96 bits per heavy atom. The van der Waals surface area contributed by atoms with Gasteiger partial charge >= 0.3 is 0 Å². The van der Waals surface area contributed by atoms with Crippen LogP contribution < -0.4 is 10.6 Å². The third-order valence-corrected chi connectivity index (χ3v) is 4.30. The fourth-order valence-electron chi connectivity index (χ4n) is 3.01. The first-order chi connectivity index (χ1) is 11.2. The minimum absolute atomic E-state index is 0.0410. The number of ether oxygens (including phenoxy) is 2. The lowest BCUT2D eigenvalue weighted by Crippen LogP contribution is -2.53. The van der Waals surface area contributed by atoms with Gasteiger partial charge in [0.1, 0.15) is 6.04 Å². The second-order valence-electron chi connectivity index (χ2n) is 6.09. The Morgan fingerprint density at radius 1 is 1.35 bits per heavy atom. The molecule has 6 heteroatoms. The van der Waals surface area contributed by atoms with Crippen molar-refractivity contribution in [2.45, 2.75) is 25.6 Å². The van der Waals surface area contributed by atoms with Crippen LogP contribution in [0, 0.1) is 0 Å². The second-order valence-corrected chi connectivity index (χ2v) is 6.09. The predicted molar refractivity (Wildman–Crippen MR) is 88.4 cm³/mol. The molecule has 2 heterocycles. The first-order valence-corrected chi connectivity index (χ1v) is 8.27. The molecule has 0 unspecified atom stereocenters. The molecule has 126 valence electrons. The van der Waals surface area contributed by atoms with Crippen molar-refractivity contribution in [2.24, 2.45) is 0 Å². The van der Waals surface area contributed by atoms with Crippen LogP contribution in [0.1, 0.15) is 12.5 Å². The van der Waals surface area contributed by atoms with Gasteiger partial charge < -0.3 is 20.1 Å².